The molecule has 0 radical (unpaired) electrons. The van der Waals surface area contributed by atoms with Crippen molar-refractivity contribution >= 4 is 35.0 Å². The summed E-state index contributed by atoms with van der Waals surface area (Å²) in [6, 6.07) is 22.9. The standard InChI is InChI=1S/C29H26ClN3O3/c1-17-14-20-25(21(30)15-17)31-28(36)29(20)24-23(22(32-29)16-19-10-6-3-7-11-19)26(34)33(27(24)35)13-12-18-8-4-2-5-9-18/h2-11,14-15,22-24,32H,12-13,16H2,1H3,(H,31,36)/t22-,23+,24+,29+/m0/s1. The topological polar surface area (TPSA) is 78.5 Å². The van der Waals surface area contributed by atoms with E-state index in [4.69, 9.17) is 11.6 Å². The van der Waals surface area contributed by atoms with Gasteiger partial charge in [0.15, 0.2) is 0 Å². The molecular formula is C29H26ClN3O3. The van der Waals surface area contributed by atoms with Crippen molar-refractivity contribution < 1.29 is 14.4 Å². The number of anilines is 1. The van der Waals surface area contributed by atoms with Crippen LogP contribution >= 0.6 is 11.6 Å². The van der Waals surface area contributed by atoms with Gasteiger partial charge in [-0.15, -0.1) is 0 Å². The van der Waals surface area contributed by atoms with Gasteiger partial charge >= 0.3 is 0 Å². The maximum atomic E-state index is 14.0. The van der Waals surface area contributed by atoms with Crippen LogP contribution < -0.4 is 10.6 Å². The van der Waals surface area contributed by atoms with Gasteiger partial charge in [0.2, 0.25) is 17.7 Å². The molecule has 182 valence electrons. The Balaban J connectivity index is 1.42. The fraction of sp³-hybridized carbons (Fsp3) is 0.276. The van der Waals surface area contributed by atoms with Gasteiger partial charge in [0.05, 0.1) is 22.5 Å². The third-order valence-corrected chi connectivity index (χ3v) is 8.07. The second-order valence-corrected chi connectivity index (χ2v) is 10.3. The Morgan fingerprint density at radius 3 is 2.28 bits per heavy atom. The fourth-order valence-electron chi connectivity index (χ4n) is 6.20. The van der Waals surface area contributed by atoms with Gasteiger partial charge in [-0.2, -0.15) is 0 Å². The van der Waals surface area contributed by atoms with Gasteiger partial charge in [0.25, 0.3) is 0 Å². The predicted octanol–water partition coefficient (Wildman–Crippen LogP) is 3.85. The Kier molecular flexibility index (Phi) is 5.47. The van der Waals surface area contributed by atoms with Gasteiger partial charge < -0.3 is 5.32 Å². The number of benzene rings is 3. The number of fused-ring (bicyclic) bond motifs is 4. The zero-order valence-electron chi connectivity index (χ0n) is 19.8. The molecule has 0 saturated carbocycles. The molecule has 2 N–H and O–H groups in total. The molecule has 0 bridgehead atoms. The van der Waals surface area contributed by atoms with Gasteiger partial charge in [-0.3, -0.25) is 24.6 Å². The average molecular weight is 500 g/mol. The van der Waals surface area contributed by atoms with Crippen molar-refractivity contribution in [3.05, 3.63) is 100 Å². The normalized spacial score (nSPS) is 26.4. The molecule has 3 aromatic carbocycles. The number of hydrogen-bond donors (Lipinski definition) is 2. The highest BCUT2D eigenvalue weighted by Gasteiger charge is 2.70. The summed E-state index contributed by atoms with van der Waals surface area (Å²) in [6.45, 7) is 2.19. The van der Waals surface area contributed by atoms with E-state index in [0.717, 1.165) is 16.7 Å². The minimum Gasteiger partial charge on any atom is -0.323 e. The molecular weight excluding hydrogens is 474 g/mol. The molecule has 1 spiro atoms. The predicted molar refractivity (Wildman–Crippen MR) is 137 cm³/mol. The Hall–Kier alpha value is -3.48. The van der Waals surface area contributed by atoms with Gasteiger partial charge in [0, 0.05) is 18.2 Å². The maximum absolute atomic E-state index is 14.0. The van der Waals surface area contributed by atoms with Crippen LogP contribution in [0.2, 0.25) is 5.02 Å². The van der Waals surface area contributed by atoms with Crippen LogP contribution in [0.1, 0.15) is 22.3 Å². The molecule has 6 rings (SSSR count). The third-order valence-electron chi connectivity index (χ3n) is 7.78. The van der Waals surface area contributed by atoms with Gasteiger partial charge in [-0.1, -0.05) is 78.3 Å². The summed E-state index contributed by atoms with van der Waals surface area (Å²) in [4.78, 5) is 42.8. The van der Waals surface area contributed by atoms with E-state index >= 15 is 0 Å². The van der Waals surface area contributed by atoms with Crippen LogP contribution in [0.5, 0.6) is 0 Å². The number of carbonyl (C=O) groups excluding carboxylic acids is 3. The van der Waals surface area contributed by atoms with Crippen molar-refractivity contribution in [2.24, 2.45) is 11.8 Å². The molecule has 3 aliphatic rings. The number of likely N-dealkylation sites (tertiary alicyclic amines) is 1. The summed E-state index contributed by atoms with van der Waals surface area (Å²) < 4.78 is 0. The summed E-state index contributed by atoms with van der Waals surface area (Å²) in [5.41, 5.74) is 2.79. The average Bonchev–Trinajstić information content (AvgIpc) is 3.44. The van der Waals surface area contributed by atoms with Crippen molar-refractivity contribution in [3.63, 3.8) is 0 Å². The minimum atomic E-state index is -1.34. The van der Waals surface area contributed by atoms with Gasteiger partial charge in [0.1, 0.15) is 5.54 Å². The lowest BCUT2D eigenvalue weighted by atomic mass is 9.76. The SMILES string of the molecule is Cc1cc(Cl)c2c(c1)[C@]1(N[C@@H](Cc3ccccc3)[C@H]3C(=O)N(CCc4ccccc4)C(=O)[C@@H]31)C(=O)N2. The second-order valence-electron chi connectivity index (χ2n) is 9.94. The molecule has 36 heavy (non-hydrogen) atoms. The fourth-order valence-corrected chi connectivity index (χ4v) is 6.52. The molecule has 3 amide bonds. The molecule has 0 aromatic heterocycles. The number of hydrogen-bond acceptors (Lipinski definition) is 4. The molecule has 0 aliphatic carbocycles. The number of rotatable bonds is 5. The molecule has 4 atom stereocenters. The second kappa shape index (κ2) is 8.57. The molecule has 2 saturated heterocycles. The summed E-state index contributed by atoms with van der Waals surface area (Å²) >= 11 is 6.52. The van der Waals surface area contributed by atoms with Crippen LogP contribution in [-0.2, 0) is 32.8 Å². The first-order valence-electron chi connectivity index (χ1n) is 12.2. The van der Waals surface area contributed by atoms with Crippen molar-refractivity contribution in [3.8, 4) is 0 Å². The molecule has 7 heteroatoms. The van der Waals surface area contributed by atoms with Crippen LogP contribution in [0.3, 0.4) is 0 Å². The van der Waals surface area contributed by atoms with Gasteiger partial charge in [-0.05, 0) is 42.5 Å². The van der Waals surface area contributed by atoms with E-state index in [9.17, 15) is 14.4 Å². The lowest BCUT2D eigenvalue weighted by molar-refractivity contribution is -0.142. The number of aryl methyl sites for hydroxylation is 1. The lowest BCUT2D eigenvalue weighted by Gasteiger charge is -2.30. The number of nitrogens with one attached hydrogen (secondary N) is 2. The van der Waals surface area contributed by atoms with Crippen molar-refractivity contribution in [1.82, 2.24) is 10.2 Å². The van der Waals surface area contributed by atoms with Crippen LogP contribution in [-0.4, -0.2) is 35.2 Å². The number of carbonyl (C=O) groups is 3. The Morgan fingerprint density at radius 2 is 1.58 bits per heavy atom. The van der Waals surface area contributed by atoms with E-state index in [1.165, 1.54) is 4.90 Å². The summed E-state index contributed by atoms with van der Waals surface area (Å²) in [5.74, 6) is -2.34. The maximum Gasteiger partial charge on any atom is 0.250 e. The van der Waals surface area contributed by atoms with E-state index in [-0.39, 0.29) is 30.3 Å². The first kappa shape index (κ1) is 23.0. The van der Waals surface area contributed by atoms with Crippen LogP contribution in [0.15, 0.2) is 72.8 Å². The zero-order valence-corrected chi connectivity index (χ0v) is 20.6. The number of imide groups is 1. The minimum absolute atomic E-state index is 0.216. The van der Waals surface area contributed by atoms with Crippen LogP contribution in [0, 0.1) is 18.8 Å². The highest BCUT2D eigenvalue weighted by molar-refractivity contribution is 6.35. The molecule has 0 unspecified atom stereocenters. The van der Waals surface area contributed by atoms with E-state index in [1.807, 2.05) is 73.7 Å². The third kappa shape index (κ3) is 3.39. The zero-order chi connectivity index (χ0) is 25.0. The van der Waals surface area contributed by atoms with E-state index in [2.05, 4.69) is 10.6 Å². The molecule has 3 aromatic rings. The molecule has 3 heterocycles. The number of nitrogens with zero attached hydrogens (tertiary/aromatic N) is 1. The quantitative estimate of drug-likeness (QED) is 0.523. The highest BCUT2D eigenvalue weighted by Crippen LogP contribution is 2.54. The van der Waals surface area contributed by atoms with E-state index < -0.39 is 17.4 Å². The van der Waals surface area contributed by atoms with Crippen LogP contribution in [0.4, 0.5) is 5.69 Å². The Morgan fingerprint density at radius 1 is 0.917 bits per heavy atom. The highest BCUT2D eigenvalue weighted by atomic mass is 35.5. The van der Waals surface area contributed by atoms with Gasteiger partial charge in [-0.25, -0.2) is 0 Å². The summed E-state index contributed by atoms with van der Waals surface area (Å²) in [5, 5.41) is 6.84. The van der Waals surface area contributed by atoms with E-state index in [0.29, 0.717) is 29.1 Å². The first-order valence-corrected chi connectivity index (χ1v) is 12.6. The largest absolute Gasteiger partial charge is 0.323 e. The number of amides is 3. The van der Waals surface area contributed by atoms with Crippen molar-refractivity contribution in [2.45, 2.75) is 31.3 Å². The lowest BCUT2D eigenvalue weighted by Crippen LogP contribution is -2.53. The Labute approximate surface area is 214 Å². The monoisotopic (exact) mass is 499 g/mol. The first-order chi connectivity index (χ1) is 17.4. The number of halogens is 1. The Bertz CT molecular complexity index is 1380. The van der Waals surface area contributed by atoms with Crippen molar-refractivity contribution in [1.29, 1.82) is 0 Å². The molecule has 3 aliphatic heterocycles. The smallest absolute Gasteiger partial charge is 0.250 e. The van der Waals surface area contributed by atoms with E-state index in [1.54, 1.807) is 6.07 Å². The van der Waals surface area contributed by atoms with Crippen molar-refractivity contribution in [2.75, 3.05) is 11.9 Å². The van der Waals surface area contributed by atoms with Crippen LogP contribution in [0.25, 0.3) is 0 Å². The molecule has 6 nitrogen and oxygen atoms in total. The molecule has 2 fully saturated rings. The summed E-state index contributed by atoms with van der Waals surface area (Å²) in [6.07, 6.45) is 1.09. The summed E-state index contributed by atoms with van der Waals surface area (Å²) in [7, 11) is 0.